The zero-order chi connectivity index (χ0) is 21.0. The Morgan fingerprint density at radius 1 is 0.571 bits per heavy atom. The SMILES string of the molecule is CCNCCN(CCN)CCN(Cl)CCN(CCN)CCN(CCN)CCN. The third-order valence-corrected chi connectivity index (χ3v) is 5.02. The first-order chi connectivity index (χ1) is 13.6. The van der Waals surface area contributed by atoms with Crippen LogP contribution >= 0.6 is 11.8 Å². The summed E-state index contributed by atoms with van der Waals surface area (Å²) in [6.07, 6.45) is 0. The second kappa shape index (κ2) is 20.2. The number of nitrogens with two attached hydrogens (primary N) is 4. The monoisotopic (exact) mass is 423 g/mol. The summed E-state index contributed by atoms with van der Waals surface area (Å²) < 4.78 is 1.87. The van der Waals surface area contributed by atoms with E-state index in [0.29, 0.717) is 26.2 Å². The van der Waals surface area contributed by atoms with Crippen LogP contribution in [0, 0.1) is 0 Å². The van der Waals surface area contributed by atoms with Crippen LogP contribution in [-0.2, 0) is 0 Å². The highest BCUT2D eigenvalue weighted by Gasteiger charge is 2.11. The molecule has 28 heavy (non-hydrogen) atoms. The van der Waals surface area contributed by atoms with Gasteiger partial charge < -0.3 is 28.3 Å². The van der Waals surface area contributed by atoms with Gasteiger partial charge in [-0.15, -0.1) is 0 Å². The van der Waals surface area contributed by atoms with Crippen molar-refractivity contribution >= 4 is 11.8 Å². The van der Waals surface area contributed by atoms with Gasteiger partial charge in [0.25, 0.3) is 0 Å². The summed E-state index contributed by atoms with van der Waals surface area (Å²) in [4.78, 5) is 7.02. The molecule has 0 aromatic rings. The van der Waals surface area contributed by atoms with E-state index in [0.717, 1.165) is 85.1 Å². The molecule has 0 aliphatic carbocycles. The van der Waals surface area contributed by atoms with Crippen LogP contribution in [0.25, 0.3) is 0 Å². The average Bonchev–Trinajstić information content (AvgIpc) is 2.68. The zero-order valence-electron chi connectivity index (χ0n) is 18.0. The largest absolute Gasteiger partial charge is 0.329 e. The Morgan fingerprint density at radius 2 is 0.929 bits per heavy atom. The Labute approximate surface area is 177 Å². The van der Waals surface area contributed by atoms with Crippen LogP contribution in [-0.4, -0.2) is 130 Å². The van der Waals surface area contributed by atoms with Gasteiger partial charge >= 0.3 is 0 Å². The minimum Gasteiger partial charge on any atom is -0.329 e. The lowest BCUT2D eigenvalue weighted by molar-refractivity contribution is 0.198. The molecule has 170 valence electrons. The van der Waals surface area contributed by atoms with Gasteiger partial charge in [-0.1, -0.05) is 6.92 Å². The lowest BCUT2D eigenvalue weighted by Gasteiger charge is -2.28. The summed E-state index contributed by atoms with van der Waals surface area (Å²) in [5, 5.41) is 3.35. The molecule has 0 aromatic heterocycles. The highest BCUT2D eigenvalue weighted by molar-refractivity contribution is 6.13. The van der Waals surface area contributed by atoms with Gasteiger partial charge in [0, 0.05) is 105 Å². The van der Waals surface area contributed by atoms with Crippen molar-refractivity contribution in [3.63, 3.8) is 0 Å². The molecule has 0 fully saturated rings. The van der Waals surface area contributed by atoms with E-state index < -0.39 is 0 Å². The standard InChI is InChI=1S/C18H46ClN9/c1-2-24-7-12-26(10-5-22)15-17-28(19)18-16-27(11-6-23)14-13-25(8-3-20)9-4-21/h24H,2-18,20-23H2,1H3. The van der Waals surface area contributed by atoms with Crippen molar-refractivity contribution in [1.29, 1.82) is 0 Å². The molecule has 0 amide bonds. The molecule has 0 unspecified atom stereocenters. The van der Waals surface area contributed by atoms with Gasteiger partial charge in [-0.3, -0.25) is 14.7 Å². The molecule has 10 heteroatoms. The molecule has 9 nitrogen and oxygen atoms in total. The van der Waals surface area contributed by atoms with E-state index in [2.05, 4.69) is 26.9 Å². The minimum atomic E-state index is 0.644. The summed E-state index contributed by atoms with van der Waals surface area (Å²) in [6, 6.07) is 0. The third kappa shape index (κ3) is 15.8. The number of nitrogens with zero attached hydrogens (tertiary/aromatic N) is 4. The predicted octanol–water partition coefficient (Wildman–Crippen LogP) is -2.21. The minimum absolute atomic E-state index is 0.644. The van der Waals surface area contributed by atoms with E-state index in [1.54, 1.807) is 0 Å². The van der Waals surface area contributed by atoms with Crippen LogP contribution in [0.3, 0.4) is 0 Å². The van der Waals surface area contributed by atoms with Crippen molar-refractivity contribution in [3.05, 3.63) is 0 Å². The number of hydrogen-bond donors (Lipinski definition) is 5. The molecule has 0 saturated heterocycles. The lowest BCUT2D eigenvalue weighted by atomic mass is 10.3. The number of likely N-dealkylation sites (N-methyl/N-ethyl adjacent to an activating group) is 1. The summed E-state index contributed by atoms with van der Waals surface area (Å²) in [7, 11) is 0. The highest BCUT2D eigenvalue weighted by Crippen LogP contribution is 1.99. The first-order valence-corrected chi connectivity index (χ1v) is 11.0. The Balaban J connectivity index is 4.22. The van der Waals surface area contributed by atoms with Crippen molar-refractivity contribution in [2.75, 3.05) is 111 Å². The molecule has 0 aliphatic rings. The second-order valence-electron chi connectivity index (χ2n) is 6.94. The second-order valence-corrected chi connectivity index (χ2v) is 7.42. The molecule has 0 radical (unpaired) electrons. The number of halogens is 1. The van der Waals surface area contributed by atoms with E-state index in [-0.39, 0.29) is 0 Å². The Kier molecular flexibility index (Phi) is 20.2. The topological polar surface area (TPSA) is 129 Å². The van der Waals surface area contributed by atoms with E-state index in [1.807, 2.05) is 4.42 Å². The third-order valence-electron chi connectivity index (χ3n) is 4.69. The fraction of sp³-hybridized carbons (Fsp3) is 1.00. The molecule has 0 rings (SSSR count). The van der Waals surface area contributed by atoms with E-state index >= 15 is 0 Å². The molecular weight excluding hydrogens is 378 g/mol. The van der Waals surface area contributed by atoms with Gasteiger partial charge in [0.2, 0.25) is 0 Å². The Hall–Kier alpha value is -0.0700. The van der Waals surface area contributed by atoms with E-state index in [9.17, 15) is 0 Å². The molecule has 0 aromatic carbocycles. The maximum absolute atomic E-state index is 6.45. The molecule has 0 atom stereocenters. The Morgan fingerprint density at radius 3 is 1.32 bits per heavy atom. The predicted molar refractivity (Wildman–Crippen MR) is 122 cm³/mol. The van der Waals surface area contributed by atoms with Gasteiger partial charge in [-0.25, -0.2) is 4.42 Å². The molecule has 9 N–H and O–H groups in total. The summed E-state index contributed by atoms with van der Waals surface area (Å²) in [6.45, 7) is 16.5. The van der Waals surface area contributed by atoms with Crippen LogP contribution in [0.5, 0.6) is 0 Å². The number of hydrogen-bond acceptors (Lipinski definition) is 9. The summed E-state index contributed by atoms with van der Waals surface area (Å²) >= 11 is 6.45. The lowest BCUT2D eigenvalue weighted by Crippen LogP contribution is -2.43. The number of rotatable bonds is 21. The van der Waals surface area contributed by atoms with Crippen LogP contribution in [0.15, 0.2) is 0 Å². The maximum atomic E-state index is 6.45. The first kappa shape index (κ1) is 27.9. The molecule has 0 saturated carbocycles. The van der Waals surface area contributed by atoms with Crippen molar-refractivity contribution in [1.82, 2.24) is 24.4 Å². The van der Waals surface area contributed by atoms with Crippen molar-refractivity contribution in [2.24, 2.45) is 22.9 Å². The van der Waals surface area contributed by atoms with Crippen molar-refractivity contribution in [2.45, 2.75) is 6.92 Å². The van der Waals surface area contributed by atoms with Crippen molar-refractivity contribution < 1.29 is 0 Å². The van der Waals surface area contributed by atoms with Crippen LogP contribution in [0.1, 0.15) is 6.92 Å². The van der Waals surface area contributed by atoms with E-state index in [4.69, 9.17) is 34.7 Å². The fourth-order valence-electron chi connectivity index (χ4n) is 3.04. The molecule has 0 aliphatic heterocycles. The quantitative estimate of drug-likeness (QED) is 0.103. The normalized spacial score (nSPS) is 12.2. The van der Waals surface area contributed by atoms with Gasteiger partial charge in [-0.2, -0.15) is 0 Å². The molecule has 0 heterocycles. The summed E-state index contributed by atoms with van der Waals surface area (Å²) in [5.74, 6) is 0. The molecular formula is C18H46ClN9. The average molecular weight is 424 g/mol. The van der Waals surface area contributed by atoms with Gasteiger partial charge in [-0.05, 0) is 18.3 Å². The number of nitrogens with one attached hydrogen (secondary N) is 1. The fourth-order valence-corrected chi connectivity index (χ4v) is 3.20. The summed E-state index contributed by atoms with van der Waals surface area (Å²) in [5.41, 5.74) is 22.9. The van der Waals surface area contributed by atoms with E-state index in [1.165, 1.54) is 0 Å². The van der Waals surface area contributed by atoms with Gasteiger partial charge in [0.1, 0.15) is 0 Å². The van der Waals surface area contributed by atoms with Crippen LogP contribution in [0.4, 0.5) is 0 Å². The van der Waals surface area contributed by atoms with Gasteiger partial charge in [0.05, 0.1) is 0 Å². The van der Waals surface area contributed by atoms with Crippen LogP contribution in [0.2, 0.25) is 0 Å². The van der Waals surface area contributed by atoms with Crippen molar-refractivity contribution in [3.8, 4) is 0 Å². The highest BCUT2D eigenvalue weighted by atomic mass is 35.5. The first-order valence-electron chi connectivity index (χ1n) is 10.7. The smallest absolute Gasteiger partial charge is 0.0267 e. The van der Waals surface area contributed by atoms with Crippen LogP contribution < -0.4 is 28.3 Å². The maximum Gasteiger partial charge on any atom is 0.0267 e. The zero-order valence-corrected chi connectivity index (χ0v) is 18.8. The Bertz CT molecular complexity index is 319. The molecule has 0 spiro atoms. The van der Waals surface area contributed by atoms with Gasteiger partial charge in [0.15, 0.2) is 0 Å². The molecule has 0 bridgehead atoms.